The number of aliphatic carboxylic acids is 3. The van der Waals surface area contributed by atoms with E-state index in [1.54, 1.807) is 59.9 Å². The molecule has 0 saturated carbocycles. The lowest BCUT2D eigenvalue weighted by molar-refractivity contribution is -0.150. The minimum Gasteiger partial charge on any atom is -0.481 e. The number of nitrogens with zero attached hydrogens (tertiary/aromatic N) is 5. The van der Waals surface area contributed by atoms with Gasteiger partial charge in [0.1, 0.15) is 12.1 Å². The molecule has 4 N–H and O–H groups in total. The molecule has 12 heteroatoms. The van der Waals surface area contributed by atoms with Crippen molar-refractivity contribution in [3.63, 3.8) is 0 Å². The molecule has 0 aliphatic rings. The van der Waals surface area contributed by atoms with Crippen LogP contribution in [-0.4, -0.2) is 88.1 Å². The van der Waals surface area contributed by atoms with Crippen LogP contribution in [0.2, 0.25) is 0 Å². The van der Waals surface area contributed by atoms with Gasteiger partial charge in [-0.05, 0) is 24.3 Å². The molecule has 0 aliphatic heterocycles. The highest BCUT2D eigenvalue weighted by Crippen LogP contribution is 2.15. The molecular formula is C24H28N6O6. The predicted octanol–water partition coefficient (Wildman–Crippen LogP) is 1.13. The van der Waals surface area contributed by atoms with Crippen LogP contribution >= 0.6 is 0 Å². The third-order valence-corrected chi connectivity index (χ3v) is 5.64. The number of carboxylic acids is 3. The Balaban J connectivity index is 1.87. The molecule has 0 bridgehead atoms. The molecular weight excluding hydrogens is 468 g/mol. The van der Waals surface area contributed by atoms with Crippen LogP contribution in [0.1, 0.15) is 23.5 Å². The molecule has 3 aromatic rings. The molecule has 0 saturated heterocycles. The molecule has 12 nitrogen and oxygen atoms in total. The first-order chi connectivity index (χ1) is 17.3. The van der Waals surface area contributed by atoms with Crippen LogP contribution in [-0.2, 0) is 33.9 Å². The van der Waals surface area contributed by atoms with Crippen molar-refractivity contribution in [1.82, 2.24) is 29.7 Å². The Bertz CT molecular complexity index is 1110. The van der Waals surface area contributed by atoms with Crippen molar-refractivity contribution in [2.75, 3.05) is 13.1 Å². The number of hydrogen-bond donors (Lipinski definition) is 4. The number of carboxylic acid groups (broad SMARTS) is 3. The topological polar surface area (TPSA) is 173 Å². The number of imidazole rings is 1. The van der Waals surface area contributed by atoms with Gasteiger partial charge < -0.3 is 20.3 Å². The molecule has 36 heavy (non-hydrogen) atoms. The lowest BCUT2D eigenvalue weighted by Gasteiger charge is -2.33. The van der Waals surface area contributed by atoms with Crippen LogP contribution in [0.5, 0.6) is 0 Å². The molecule has 0 aliphatic carbocycles. The van der Waals surface area contributed by atoms with Crippen LogP contribution in [0.25, 0.3) is 0 Å². The number of hydrogen-bond acceptors (Lipinski definition) is 8. The summed E-state index contributed by atoms with van der Waals surface area (Å²) in [4.78, 5) is 54.3. The Hall–Kier alpha value is -4.16. The number of aromatic nitrogens is 4. The summed E-state index contributed by atoms with van der Waals surface area (Å²) in [6.07, 6.45) is 5.72. The Morgan fingerprint density at radius 3 is 1.81 bits per heavy atom. The van der Waals surface area contributed by atoms with E-state index in [2.05, 4.69) is 19.9 Å². The van der Waals surface area contributed by atoms with Crippen molar-refractivity contribution in [3.05, 3.63) is 78.4 Å². The van der Waals surface area contributed by atoms with E-state index in [-0.39, 0.29) is 32.6 Å². The van der Waals surface area contributed by atoms with Gasteiger partial charge in [-0.3, -0.25) is 34.2 Å². The van der Waals surface area contributed by atoms with Gasteiger partial charge in [0, 0.05) is 56.9 Å². The molecule has 3 rings (SSSR count). The molecule has 0 aromatic carbocycles. The predicted molar refractivity (Wildman–Crippen MR) is 127 cm³/mol. The second-order valence-electron chi connectivity index (χ2n) is 8.17. The highest BCUT2D eigenvalue weighted by Gasteiger charge is 2.31. The van der Waals surface area contributed by atoms with Crippen LogP contribution in [0, 0.1) is 0 Å². The Labute approximate surface area is 207 Å². The monoisotopic (exact) mass is 496 g/mol. The maximum Gasteiger partial charge on any atom is 0.321 e. The summed E-state index contributed by atoms with van der Waals surface area (Å²) >= 11 is 0. The van der Waals surface area contributed by atoms with Gasteiger partial charge in [-0.25, -0.2) is 4.98 Å². The highest BCUT2D eigenvalue weighted by molar-refractivity contribution is 5.80. The standard InChI is InChI=1S/C24H28N6O6/c31-22(32)12-21(24(35)36)30(15-18-6-2-4-8-27-18)10-9-29(14-17-5-1-3-7-26-17)20(23(33)34)11-19-13-25-16-28-19/h1-8,13,16,20-21H,9-12,14-15H2,(H,25,28)(H,31,32)(H,33,34)(H,35,36)/t20-,21-/m0/s1. The molecule has 0 amide bonds. The van der Waals surface area contributed by atoms with Gasteiger partial charge in [0.05, 0.1) is 24.1 Å². The minimum absolute atomic E-state index is 0.0837. The second kappa shape index (κ2) is 13.1. The summed E-state index contributed by atoms with van der Waals surface area (Å²) < 4.78 is 0. The normalized spacial score (nSPS) is 12.9. The number of nitrogens with one attached hydrogen (secondary N) is 1. The highest BCUT2D eigenvalue weighted by atomic mass is 16.4. The Morgan fingerprint density at radius 1 is 0.833 bits per heavy atom. The quantitative estimate of drug-likeness (QED) is 0.237. The van der Waals surface area contributed by atoms with Gasteiger partial charge in [0.25, 0.3) is 0 Å². The first-order valence-corrected chi connectivity index (χ1v) is 11.3. The average Bonchev–Trinajstić information content (AvgIpc) is 3.37. The maximum atomic E-state index is 12.3. The minimum atomic E-state index is -1.32. The smallest absolute Gasteiger partial charge is 0.321 e. The molecule has 3 heterocycles. The first kappa shape index (κ1) is 26.4. The third-order valence-electron chi connectivity index (χ3n) is 5.64. The van der Waals surface area contributed by atoms with E-state index in [4.69, 9.17) is 0 Å². The molecule has 3 aromatic heterocycles. The van der Waals surface area contributed by atoms with Crippen molar-refractivity contribution < 1.29 is 29.7 Å². The largest absolute Gasteiger partial charge is 0.481 e. The van der Waals surface area contributed by atoms with Crippen molar-refractivity contribution in [2.45, 2.75) is 38.0 Å². The zero-order valence-corrected chi connectivity index (χ0v) is 19.5. The first-order valence-electron chi connectivity index (χ1n) is 11.3. The number of aromatic amines is 1. The van der Waals surface area contributed by atoms with E-state index in [9.17, 15) is 29.7 Å². The number of pyridine rings is 2. The van der Waals surface area contributed by atoms with Crippen LogP contribution < -0.4 is 0 Å². The molecule has 0 unspecified atom stereocenters. The maximum absolute atomic E-state index is 12.3. The summed E-state index contributed by atoms with van der Waals surface area (Å²) in [6, 6.07) is 8.24. The van der Waals surface area contributed by atoms with Crippen LogP contribution in [0.4, 0.5) is 0 Å². The van der Waals surface area contributed by atoms with Gasteiger partial charge in [-0.2, -0.15) is 0 Å². The lowest BCUT2D eigenvalue weighted by Crippen LogP contribution is -2.49. The van der Waals surface area contributed by atoms with Gasteiger partial charge in [-0.1, -0.05) is 12.1 Å². The van der Waals surface area contributed by atoms with E-state index in [0.29, 0.717) is 17.1 Å². The number of carbonyl (C=O) groups is 3. The summed E-state index contributed by atoms with van der Waals surface area (Å²) in [5.41, 5.74) is 1.84. The van der Waals surface area contributed by atoms with Crippen molar-refractivity contribution >= 4 is 17.9 Å². The molecule has 190 valence electrons. The molecule has 0 spiro atoms. The number of H-pyrrole nitrogens is 1. The molecule has 0 fully saturated rings. The van der Waals surface area contributed by atoms with E-state index >= 15 is 0 Å². The summed E-state index contributed by atoms with van der Waals surface area (Å²) in [5.74, 6) is -3.59. The fourth-order valence-electron chi connectivity index (χ4n) is 3.86. The van der Waals surface area contributed by atoms with Crippen molar-refractivity contribution in [1.29, 1.82) is 0 Å². The summed E-state index contributed by atoms with van der Waals surface area (Å²) in [5, 5.41) is 29.1. The fourth-order valence-corrected chi connectivity index (χ4v) is 3.86. The van der Waals surface area contributed by atoms with E-state index < -0.39 is 36.4 Å². The zero-order chi connectivity index (χ0) is 25.9. The summed E-state index contributed by atoms with van der Waals surface area (Å²) in [6.45, 7) is 0.499. The van der Waals surface area contributed by atoms with E-state index in [1.807, 2.05) is 0 Å². The van der Waals surface area contributed by atoms with Gasteiger partial charge in [0.15, 0.2) is 0 Å². The van der Waals surface area contributed by atoms with Crippen LogP contribution in [0.3, 0.4) is 0 Å². The Morgan fingerprint density at radius 2 is 1.39 bits per heavy atom. The summed E-state index contributed by atoms with van der Waals surface area (Å²) in [7, 11) is 0. The van der Waals surface area contributed by atoms with Crippen molar-refractivity contribution in [2.24, 2.45) is 0 Å². The van der Waals surface area contributed by atoms with Gasteiger partial charge >= 0.3 is 17.9 Å². The van der Waals surface area contributed by atoms with E-state index in [1.165, 1.54) is 11.2 Å². The zero-order valence-electron chi connectivity index (χ0n) is 19.5. The van der Waals surface area contributed by atoms with Crippen molar-refractivity contribution in [3.8, 4) is 0 Å². The lowest BCUT2D eigenvalue weighted by atomic mass is 10.1. The van der Waals surface area contributed by atoms with E-state index in [0.717, 1.165) is 0 Å². The fraction of sp³-hybridized carbons (Fsp3) is 0.333. The SMILES string of the molecule is O=C(O)C[C@@H](C(=O)O)N(CCN(Cc1ccccn1)[C@@H](Cc1cnc[nH]1)C(=O)O)Cc1ccccn1. The average molecular weight is 497 g/mol. The number of rotatable bonds is 15. The van der Waals surface area contributed by atoms with Gasteiger partial charge in [-0.15, -0.1) is 0 Å². The van der Waals surface area contributed by atoms with Crippen LogP contribution in [0.15, 0.2) is 61.3 Å². The van der Waals surface area contributed by atoms with Gasteiger partial charge in [0.2, 0.25) is 0 Å². The molecule has 2 atom stereocenters. The molecule has 0 radical (unpaired) electrons. The Kier molecular flexibility index (Phi) is 9.60. The third kappa shape index (κ3) is 7.96. The second-order valence-corrected chi connectivity index (χ2v) is 8.17.